The van der Waals surface area contributed by atoms with Gasteiger partial charge in [0.25, 0.3) is 5.91 Å². The Morgan fingerprint density at radius 3 is 2.42 bits per heavy atom. The van der Waals surface area contributed by atoms with E-state index >= 15 is 0 Å². The van der Waals surface area contributed by atoms with Crippen LogP contribution in [0.25, 0.3) is 0 Å². The number of thiophene rings is 1. The van der Waals surface area contributed by atoms with Crippen LogP contribution in [-0.2, 0) is 14.3 Å². The number of rotatable bonds is 8. The van der Waals surface area contributed by atoms with Gasteiger partial charge in [-0.05, 0) is 52.0 Å². The molecule has 1 amide bonds. The lowest BCUT2D eigenvalue weighted by Crippen LogP contribution is -2.26. The monoisotopic (exact) mass is 452 g/mol. The molecule has 0 fully saturated rings. The van der Waals surface area contributed by atoms with Crippen LogP contribution in [0.1, 0.15) is 65.0 Å². The number of amides is 1. The number of nitro groups is 1. The molecule has 2 rings (SSSR count). The normalized spacial score (nSPS) is 11.8. The predicted molar refractivity (Wildman–Crippen MR) is 113 cm³/mol. The molecule has 11 nitrogen and oxygen atoms in total. The van der Waals surface area contributed by atoms with Crippen molar-refractivity contribution < 1.29 is 28.8 Å². The fourth-order valence-corrected chi connectivity index (χ4v) is 3.88. The number of anilines is 1. The molecule has 1 N–H and O–H groups in total. The molecule has 2 aromatic rings. The molecule has 12 heteroatoms. The zero-order valence-corrected chi connectivity index (χ0v) is 18.9. The van der Waals surface area contributed by atoms with Crippen molar-refractivity contribution in [3.63, 3.8) is 0 Å². The average Bonchev–Trinajstić information content (AvgIpc) is 3.21. The highest BCUT2D eigenvalue weighted by Crippen LogP contribution is 2.35. The van der Waals surface area contributed by atoms with E-state index in [0.29, 0.717) is 11.3 Å². The van der Waals surface area contributed by atoms with Crippen molar-refractivity contribution >= 4 is 40.0 Å². The lowest BCUT2D eigenvalue weighted by Gasteiger charge is -2.13. The van der Waals surface area contributed by atoms with Gasteiger partial charge in [-0.15, -0.1) is 11.3 Å². The van der Waals surface area contributed by atoms with E-state index in [9.17, 15) is 24.5 Å². The van der Waals surface area contributed by atoms with Crippen LogP contribution in [-0.4, -0.2) is 45.3 Å². The Labute approximate surface area is 182 Å². The van der Waals surface area contributed by atoms with E-state index in [1.54, 1.807) is 34.6 Å². The van der Waals surface area contributed by atoms with E-state index in [-0.39, 0.29) is 27.9 Å². The summed E-state index contributed by atoms with van der Waals surface area (Å²) in [6, 6.07) is 0.333. The van der Waals surface area contributed by atoms with Crippen molar-refractivity contribution in [1.29, 1.82) is 0 Å². The standard InChI is InChI=1S/C19H24N4O7S/c1-7-29-19(26)15-11(5)14(18(25)30-9(2)3)17(31-15)20-16(24)12(6)22-10(4)8-13(21-22)23(27)28/h8-9,12H,7H2,1-6H3,(H,20,24). The molecule has 0 aromatic carbocycles. The van der Waals surface area contributed by atoms with E-state index in [1.165, 1.54) is 17.7 Å². The van der Waals surface area contributed by atoms with Crippen LogP contribution >= 0.6 is 11.3 Å². The zero-order chi connectivity index (χ0) is 23.5. The lowest BCUT2D eigenvalue weighted by atomic mass is 10.1. The number of aryl methyl sites for hydroxylation is 1. The second-order valence-electron chi connectivity index (χ2n) is 6.95. The van der Waals surface area contributed by atoms with E-state index in [4.69, 9.17) is 9.47 Å². The van der Waals surface area contributed by atoms with Gasteiger partial charge in [0.1, 0.15) is 15.9 Å². The molecule has 0 aliphatic carbocycles. The Bertz CT molecular complexity index is 1020. The third kappa shape index (κ3) is 5.26. The van der Waals surface area contributed by atoms with Gasteiger partial charge in [0.2, 0.25) is 0 Å². The molecule has 0 spiro atoms. The summed E-state index contributed by atoms with van der Waals surface area (Å²) < 4.78 is 11.5. The van der Waals surface area contributed by atoms with Crippen molar-refractivity contribution in [1.82, 2.24) is 9.78 Å². The number of aromatic nitrogens is 2. The molecule has 0 bridgehead atoms. The second-order valence-corrected chi connectivity index (χ2v) is 7.97. The summed E-state index contributed by atoms with van der Waals surface area (Å²) in [7, 11) is 0. The number of nitrogens with one attached hydrogen (secondary N) is 1. The van der Waals surface area contributed by atoms with Crippen LogP contribution < -0.4 is 5.32 Å². The van der Waals surface area contributed by atoms with Crippen LogP contribution in [0.5, 0.6) is 0 Å². The highest BCUT2D eigenvalue weighted by atomic mass is 32.1. The summed E-state index contributed by atoms with van der Waals surface area (Å²) in [6.45, 7) is 9.84. The third-order valence-electron chi connectivity index (χ3n) is 4.23. The molecular weight excluding hydrogens is 428 g/mol. The number of carbonyl (C=O) groups excluding carboxylic acids is 3. The van der Waals surface area contributed by atoms with Crippen LogP contribution in [0.3, 0.4) is 0 Å². The van der Waals surface area contributed by atoms with Crippen LogP contribution in [0, 0.1) is 24.0 Å². The van der Waals surface area contributed by atoms with Crippen LogP contribution in [0.15, 0.2) is 6.07 Å². The smallest absolute Gasteiger partial charge is 0.390 e. The highest BCUT2D eigenvalue weighted by Gasteiger charge is 2.30. The highest BCUT2D eigenvalue weighted by molar-refractivity contribution is 7.18. The van der Waals surface area contributed by atoms with Gasteiger partial charge in [-0.3, -0.25) is 4.79 Å². The summed E-state index contributed by atoms with van der Waals surface area (Å²) in [4.78, 5) is 48.2. The van der Waals surface area contributed by atoms with Gasteiger partial charge in [0.05, 0.1) is 35.1 Å². The van der Waals surface area contributed by atoms with Gasteiger partial charge in [0, 0.05) is 0 Å². The lowest BCUT2D eigenvalue weighted by molar-refractivity contribution is -0.389. The van der Waals surface area contributed by atoms with E-state index < -0.39 is 34.9 Å². The Hall–Kier alpha value is -3.28. The van der Waals surface area contributed by atoms with E-state index in [0.717, 1.165) is 11.3 Å². The van der Waals surface area contributed by atoms with Gasteiger partial charge >= 0.3 is 17.8 Å². The first-order valence-electron chi connectivity index (χ1n) is 9.50. The zero-order valence-electron chi connectivity index (χ0n) is 18.0. The first-order valence-corrected chi connectivity index (χ1v) is 10.3. The quantitative estimate of drug-likeness (QED) is 0.365. The maximum Gasteiger partial charge on any atom is 0.390 e. The summed E-state index contributed by atoms with van der Waals surface area (Å²) in [5.41, 5.74) is 0.816. The van der Waals surface area contributed by atoms with Crippen molar-refractivity contribution in [3.8, 4) is 0 Å². The maximum atomic E-state index is 12.9. The Morgan fingerprint density at radius 1 is 1.26 bits per heavy atom. The van der Waals surface area contributed by atoms with Gasteiger partial charge in [-0.2, -0.15) is 4.68 Å². The fraction of sp³-hybridized carbons (Fsp3) is 0.474. The molecule has 0 saturated carbocycles. The predicted octanol–water partition coefficient (Wildman–Crippen LogP) is 3.41. The topological polar surface area (TPSA) is 143 Å². The minimum Gasteiger partial charge on any atom is -0.462 e. The molecule has 168 valence electrons. The summed E-state index contributed by atoms with van der Waals surface area (Å²) in [6.07, 6.45) is -0.410. The van der Waals surface area contributed by atoms with Crippen molar-refractivity contribution in [2.45, 2.75) is 53.7 Å². The van der Waals surface area contributed by atoms with Crippen molar-refractivity contribution in [2.24, 2.45) is 0 Å². The molecule has 0 radical (unpaired) electrons. The number of hydrogen-bond donors (Lipinski definition) is 1. The average molecular weight is 452 g/mol. The number of carbonyl (C=O) groups is 3. The minimum absolute atomic E-state index is 0.0606. The Balaban J connectivity index is 2.40. The van der Waals surface area contributed by atoms with Crippen molar-refractivity contribution in [2.75, 3.05) is 11.9 Å². The third-order valence-corrected chi connectivity index (χ3v) is 5.42. The first-order chi connectivity index (χ1) is 14.5. The fourth-order valence-electron chi connectivity index (χ4n) is 2.79. The molecule has 0 saturated heterocycles. The van der Waals surface area contributed by atoms with Gasteiger partial charge < -0.3 is 24.9 Å². The molecular formula is C19H24N4O7S. The molecule has 0 aliphatic heterocycles. The van der Waals surface area contributed by atoms with Gasteiger partial charge in [-0.1, -0.05) is 0 Å². The van der Waals surface area contributed by atoms with Crippen LogP contribution in [0.4, 0.5) is 10.8 Å². The molecule has 2 heterocycles. The first kappa shape index (κ1) is 24.0. The number of nitrogens with zero attached hydrogens (tertiary/aromatic N) is 3. The molecule has 31 heavy (non-hydrogen) atoms. The second kappa shape index (κ2) is 9.69. The van der Waals surface area contributed by atoms with Gasteiger partial charge in [0.15, 0.2) is 0 Å². The number of hydrogen-bond acceptors (Lipinski definition) is 9. The van der Waals surface area contributed by atoms with Gasteiger partial charge in [-0.25, -0.2) is 9.59 Å². The maximum absolute atomic E-state index is 12.9. The van der Waals surface area contributed by atoms with E-state index in [2.05, 4.69) is 10.4 Å². The summed E-state index contributed by atoms with van der Waals surface area (Å²) in [5.74, 6) is -2.25. The van der Waals surface area contributed by atoms with E-state index in [1.807, 2.05) is 0 Å². The summed E-state index contributed by atoms with van der Waals surface area (Å²) >= 11 is 0.900. The number of ether oxygens (including phenoxy) is 2. The van der Waals surface area contributed by atoms with Crippen LogP contribution in [0.2, 0.25) is 0 Å². The summed E-state index contributed by atoms with van der Waals surface area (Å²) in [5, 5.41) is 17.5. The Kier molecular flexibility index (Phi) is 7.50. The molecule has 1 atom stereocenters. The SMILES string of the molecule is CCOC(=O)c1sc(NC(=O)C(C)n2nc([N+](=O)[O-])cc2C)c(C(=O)OC(C)C)c1C. The molecule has 1 unspecified atom stereocenters. The minimum atomic E-state index is -0.920. The van der Waals surface area contributed by atoms with Crippen molar-refractivity contribution in [3.05, 3.63) is 37.9 Å². The largest absolute Gasteiger partial charge is 0.462 e. The Morgan fingerprint density at radius 2 is 1.90 bits per heavy atom. The number of esters is 2. The molecule has 2 aromatic heterocycles. The molecule has 0 aliphatic rings.